The van der Waals surface area contributed by atoms with Gasteiger partial charge in [-0.15, -0.1) is 0 Å². The highest BCUT2D eigenvalue weighted by molar-refractivity contribution is 5.33. The summed E-state index contributed by atoms with van der Waals surface area (Å²) in [4.78, 5) is 11.3. The standard InChI is InChI=1S/C10H16N2O/c1-7(2)4-8-5-9(11)12(3)10(13)6-8/h5-7H,4,11H2,1-3H3. The quantitative estimate of drug-likeness (QED) is 0.742. The number of nitrogen functional groups attached to an aromatic ring is 1. The fourth-order valence-electron chi connectivity index (χ4n) is 1.30. The summed E-state index contributed by atoms with van der Waals surface area (Å²) in [6, 6.07) is 3.51. The van der Waals surface area contributed by atoms with E-state index in [4.69, 9.17) is 5.73 Å². The maximum Gasteiger partial charge on any atom is 0.252 e. The zero-order chi connectivity index (χ0) is 10.0. The predicted octanol–water partition coefficient (Wildman–Crippen LogP) is 1.17. The molecule has 3 heteroatoms. The molecular weight excluding hydrogens is 164 g/mol. The number of hydrogen-bond donors (Lipinski definition) is 1. The fourth-order valence-corrected chi connectivity index (χ4v) is 1.30. The zero-order valence-electron chi connectivity index (χ0n) is 8.37. The molecular formula is C10H16N2O. The van der Waals surface area contributed by atoms with E-state index in [0.29, 0.717) is 11.7 Å². The number of nitrogens with two attached hydrogens (primary N) is 1. The molecule has 0 aliphatic rings. The first-order valence-electron chi connectivity index (χ1n) is 4.46. The van der Waals surface area contributed by atoms with Crippen LogP contribution in [0.15, 0.2) is 16.9 Å². The summed E-state index contributed by atoms with van der Waals surface area (Å²) in [5.41, 5.74) is 6.65. The fraction of sp³-hybridized carbons (Fsp3) is 0.500. The van der Waals surface area contributed by atoms with Gasteiger partial charge in [-0.1, -0.05) is 13.8 Å². The van der Waals surface area contributed by atoms with Gasteiger partial charge in [0.15, 0.2) is 0 Å². The third-order valence-electron chi connectivity index (χ3n) is 2.00. The van der Waals surface area contributed by atoms with Crippen LogP contribution in [0.25, 0.3) is 0 Å². The highest BCUT2D eigenvalue weighted by Crippen LogP contribution is 2.08. The smallest absolute Gasteiger partial charge is 0.252 e. The average Bonchev–Trinajstić information content (AvgIpc) is 1.98. The van der Waals surface area contributed by atoms with Crippen molar-refractivity contribution in [3.8, 4) is 0 Å². The Hall–Kier alpha value is -1.25. The lowest BCUT2D eigenvalue weighted by molar-refractivity contribution is 0.644. The number of nitrogens with zero attached hydrogens (tertiary/aromatic N) is 1. The molecule has 0 aliphatic carbocycles. The average molecular weight is 180 g/mol. The number of pyridine rings is 1. The van der Waals surface area contributed by atoms with Gasteiger partial charge in [-0.25, -0.2) is 0 Å². The molecule has 0 radical (unpaired) electrons. The normalized spacial score (nSPS) is 10.8. The van der Waals surface area contributed by atoms with Gasteiger partial charge in [0.2, 0.25) is 0 Å². The summed E-state index contributed by atoms with van der Waals surface area (Å²) in [6.07, 6.45) is 0.903. The van der Waals surface area contributed by atoms with Crippen molar-refractivity contribution in [2.45, 2.75) is 20.3 Å². The molecule has 0 atom stereocenters. The molecule has 0 bridgehead atoms. The van der Waals surface area contributed by atoms with E-state index in [1.165, 1.54) is 4.57 Å². The highest BCUT2D eigenvalue weighted by Gasteiger charge is 2.02. The Balaban J connectivity index is 3.06. The van der Waals surface area contributed by atoms with Crippen LogP contribution < -0.4 is 11.3 Å². The van der Waals surface area contributed by atoms with Gasteiger partial charge >= 0.3 is 0 Å². The van der Waals surface area contributed by atoms with E-state index in [9.17, 15) is 4.79 Å². The van der Waals surface area contributed by atoms with Crippen LogP contribution in [0.3, 0.4) is 0 Å². The van der Waals surface area contributed by atoms with Gasteiger partial charge < -0.3 is 5.73 Å². The predicted molar refractivity (Wildman–Crippen MR) is 54.6 cm³/mol. The molecule has 1 heterocycles. The Kier molecular flexibility index (Phi) is 2.76. The van der Waals surface area contributed by atoms with Crippen molar-refractivity contribution in [2.75, 3.05) is 5.73 Å². The summed E-state index contributed by atoms with van der Waals surface area (Å²) in [5.74, 6) is 1.08. The Bertz CT molecular complexity index is 352. The van der Waals surface area contributed by atoms with E-state index in [0.717, 1.165) is 12.0 Å². The first-order chi connectivity index (χ1) is 6.00. The van der Waals surface area contributed by atoms with Crippen molar-refractivity contribution < 1.29 is 0 Å². The second-order valence-corrected chi connectivity index (χ2v) is 3.78. The van der Waals surface area contributed by atoms with Gasteiger partial charge in [0.1, 0.15) is 5.82 Å². The van der Waals surface area contributed by atoms with Crippen molar-refractivity contribution in [3.63, 3.8) is 0 Å². The van der Waals surface area contributed by atoms with Crippen LogP contribution in [0, 0.1) is 5.92 Å². The lowest BCUT2D eigenvalue weighted by atomic mass is 10.0. The van der Waals surface area contributed by atoms with Gasteiger partial charge in [0.05, 0.1) is 0 Å². The summed E-state index contributed by atoms with van der Waals surface area (Å²) in [7, 11) is 1.68. The number of aromatic nitrogens is 1. The Morgan fingerprint density at radius 2 is 2.08 bits per heavy atom. The van der Waals surface area contributed by atoms with Crippen LogP contribution in [0.4, 0.5) is 5.82 Å². The Morgan fingerprint density at radius 1 is 1.46 bits per heavy atom. The molecule has 0 fully saturated rings. The van der Waals surface area contributed by atoms with Crippen LogP contribution in [0.2, 0.25) is 0 Å². The van der Waals surface area contributed by atoms with E-state index in [1.807, 2.05) is 6.07 Å². The molecule has 1 aromatic heterocycles. The first-order valence-corrected chi connectivity index (χ1v) is 4.46. The molecule has 0 unspecified atom stereocenters. The zero-order valence-corrected chi connectivity index (χ0v) is 8.37. The first kappa shape index (κ1) is 9.84. The Labute approximate surface area is 78.2 Å². The van der Waals surface area contributed by atoms with Crippen LogP contribution in [-0.2, 0) is 13.5 Å². The molecule has 3 nitrogen and oxygen atoms in total. The molecule has 2 N–H and O–H groups in total. The van der Waals surface area contributed by atoms with Crippen LogP contribution in [-0.4, -0.2) is 4.57 Å². The van der Waals surface area contributed by atoms with E-state index in [-0.39, 0.29) is 5.56 Å². The molecule has 72 valence electrons. The van der Waals surface area contributed by atoms with Crippen molar-refractivity contribution in [1.29, 1.82) is 0 Å². The van der Waals surface area contributed by atoms with E-state index >= 15 is 0 Å². The van der Waals surface area contributed by atoms with Crippen molar-refractivity contribution in [1.82, 2.24) is 4.57 Å². The van der Waals surface area contributed by atoms with E-state index in [2.05, 4.69) is 13.8 Å². The summed E-state index contributed by atoms with van der Waals surface area (Å²) < 4.78 is 1.45. The second kappa shape index (κ2) is 3.64. The molecule has 1 rings (SSSR count). The third-order valence-corrected chi connectivity index (χ3v) is 2.00. The lowest BCUT2D eigenvalue weighted by Gasteiger charge is -2.07. The molecule has 13 heavy (non-hydrogen) atoms. The number of anilines is 1. The molecule has 1 aromatic rings. The molecule has 0 aliphatic heterocycles. The molecule has 0 spiro atoms. The van der Waals surface area contributed by atoms with Gasteiger partial charge in [0.25, 0.3) is 5.56 Å². The van der Waals surface area contributed by atoms with Gasteiger partial charge in [-0.05, 0) is 24.0 Å². The minimum Gasteiger partial charge on any atom is -0.385 e. The van der Waals surface area contributed by atoms with E-state index < -0.39 is 0 Å². The van der Waals surface area contributed by atoms with Crippen LogP contribution >= 0.6 is 0 Å². The maximum absolute atomic E-state index is 11.3. The lowest BCUT2D eigenvalue weighted by Crippen LogP contribution is -2.19. The molecule has 0 amide bonds. The monoisotopic (exact) mass is 180 g/mol. The summed E-state index contributed by atoms with van der Waals surface area (Å²) in [6.45, 7) is 4.24. The summed E-state index contributed by atoms with van der Waals surface area (Å²) >= 11 is 0. The van der Waals surface area contributed by atoms with Gasteiger partial charge in [-0.3, -0.25) is 9.36 Å². The van der Waals surface area contributed by atoms with Gasteiger partial charge in [0, 0.05) is 13.1 Å². The van der Waals surface area contributed by atoms with Crippen molar-refractivity contribution >= 4 is 5.82 Å². The molecule has 0 saturated carbocycles. The topological polar surface area (TPSA) is 48.0 Å². The minimum atomic E-state index is -0.0318. The number of rotatable bonds is 2. The largest absolute Gasteiger partial charge is 0.385 e. The van der Waals surface area contributed by atoms with Crippen LogP contribution in [0.5, 0.6) is 0 Å². The Morgan fingerprint density at radius 3 is 2.54 bits per heavy atom. The van der Waals surface area contributed by atoms with Crippen molar-refractivity contribution in [3.05, 3.63) is 28.0 Å². The van der Waals surface area contributed by atoms with Crippen molar-refractivity contribution in [2.24, 2.45) is 13.0 Å². The highest BCUT2D eigenvalue weighted by atomic mass is 16.1. The third kappa shape index (κ3) is 2.34. The minimum absolute atomic E-state index is 0.0318. The summed E-state index contributed by atoms with van der Waals surface area (Å²) in [5, 5.41) is 0. The van der Waals surface area contributed by atoms with E-state index in [1.54, 1.807) is 13.1 Å². The maximum atomic E-state index is 11.3. The second-order valence-electron chi connectivity index (χ2n) is 3.78. The SMILES string of the molecule is CC(C)Cc1cc(N)n(C)c(=O)c1. The van der Waals surface area contributed by atoms with Crippen LogP contribution in [0.1, 0.15) is 19.4 Å². The number of hydrogen-bond acceptors (Lipinski definition) is 2. The molecule has 0 aromatic carbocycles. The van der Waals surface area contributed by atoms with Gasteiger partial charge in [-0.2, -0.15) is 0 Å². The molecule has 0 saturated heterocycles.